The Morgan fingerprint density at radius 2 is 1.96 bits per heavy atom. The Morgan fingerprint density at radius 3 is 2.62 bits per heavy atom. The van der Waals surface area contributed by atoms with E-state index in [0.29, 0.717) is 11.3 Å². The Hall–Kier alpha value is -3.33. The zero-order valence-corrected chi connectivity index (χ0v) is 13.1. The molecule has 0 aliphatic rings. The van der Waals surface area contributed by atoms with Gasteiger partial charge in [-0.25, -0.2) is 14.6 Å². The lowest BCUT2D eigenvalue weighted by atomic mass is 10.2. The maximum absolute atomic E-state index is 11.5. The molecule has 1 aromatic heterocycles. The number of carbonyl (C=O) groups is 2. The fourth-order valence-electron chi connectivity index (χ4n) is 1.73. The molecular formula is C18H16N2O4. The molecule has 0 fully saturated rings. The van der Waals surface area contributed by atoms with Gasteiger partial charge >= 0.3 is 12.1 Å². The molecule has 1 amide bonds. The van der Waals surface area contributed by atoms with Gasteiger partial charge in [0, 0.05) is 6.20 Å². The van der Waals surface area contributed by atoms with Crippen molar-refractivity contribution in [3.05, 3.63) is 65.5 Å². The van der Waals surface area contributed by atoms with E-state index in [1.54, 1.807) is 12.1 Å². The lowest BCUT2D eigenvalue weighted by Gasteiger charge is -2.04. The number of aromatic nitrogens is 1. The van der Waals surface area contributed by atoms with Gasteiger partial charge in [0.2, 0.25) is 0 Å². The highest BCUT2D eigenvalue weighted by Crippen LogP contribution is 2.01. The molecule has 1 heterocycles. The number of alkyl carbamates (subject to hydrolysis) is 1. The number of ether oxygens (including phenoxy) is 2. The van der Waals surface area contributed by atoms with E-state index in [9.17, 15) is 9.59 Å². The number of benzene rings is 1. The number of amides is 1. The Morgan fingerprint density at radius 1 is 1.17 bits per heavy atom. The lowest BCUT2D eigenvalue weighted by molar-refractivity contribution is 0.0600. The van der Waals surface area contributed by atoms with Gasteiger partial charge in [0.1, 0.15) is 12.3 Å². The molecule has 0 unspecified atom stereocenters. The van der Waals surface area contributed by atoms with E-state index < -0.39 is 12.1 Å². The standard InChI is InChI=1S/C18H16N2O4/c1-23-17(21)15-9-10-16(20-12-15)8-5-11-19-18(22)24-13-14-6-3-2-4-7-14/h2-4,6-7,9-10,12H,11,13H2,1H3,(H,19,22). The lowest BCUT2D eigenvalue weighted by Crippen LogP contribution is -2.24. The van der Waals surface area contributed by atoms with Crippen LogP contribution >= 0.6 is 0 Å². The van der Waals surface area contributed by atoms with Crippen molar-refractivity contribution >= 4 is 12.1 Å². The summed E-state index contributed by atoms with van der Waals surface area (Å²) in [7, 11) is 1.30. The van der Waals surface area contributed by atoms with E-state index in [-0.39, 0.29) is 13.2 Å². The zero-order chi connectivity index (χ0) is 17.2. The molecule has 6 heteroatoms. The summed E-state index contributed by atoms with van der Waals surface area (Å²) in [6, 6.07) is 12.6. The maximum atomic E-state index is 11.5. The van der Waals surface area contributed by atoms with Gasteiger partial charge in [0.05, 0.1) is 19.2 Å². The van der Waals surface area contributed by atoms with E-state index >= 15 is 0 Å². The minimum absolute atomic E-state index is 0.133. The van der Waals surface area contributed by atoms with Gasteiger partial charge < -0.3 is 14.8 Å². The first kappa shape index (κ1) is 17.0. The predicted octanol–water partition coefficient (Wildman–Crippen LogP) is 2.15. The van der Waals surface area contributed by atoms with Crippen molar-refractivity contribution < 1.29 is 19.1 Å². The second-order valence-electron chi connectivity index (χ2n) is 4.64. The fourth-order valence-corrected chi connectivity index (χ4v) is 1.73. The molecule has 1 N–H and O–H groups in total. The number of nitrogens with zero attached hydrogens (tertiary/aromatic N) is 1. The van der Waals surface area contributed by atoms with E-state index in [1.165, 1.54) is 13.3 Å². The van der Waals surface area contributed by atoms with Crippen LogP contribution in [0.15, 0.2) is 48.7 Å². The van der Waals surface area contributed by atoms with E-state index in [2.05, 4.69) is 26.9 Å². The minimum atomic E-state index is -0.540. The van der Waals surface area contributed by atoms with E-state index in [1.807, 2.05) is 30.3 Å². The molecule has 0 atom stereocenters. The van der Waals surface area contributed by atoms with Crippen LogP contribution in [-0.4, -0.2) is 30.7 Å². The molecule has 122 valence electrons. The molecule has 2 rings (SSSR count). The molecule has 0 radical (unpaired) electrons. The summed E-state index contributed by atoms with van der Waals surface area (Å²) in [5, 5.41) is 2.53. The highest BCUT2D eigenvalue weighted by atomic mass is 16.5. The number of pyridine rings is 1. The maximum Gasteiger partial charge on any atom is 0.408 e. The second-order valence-corrected chi connectivity index (χ2v) is 4.64. The topological polar surface area (TPSA) is 77.5 Å². The Bertz CT molecular complexity index is 746. The summed E-state index contributed by atoms with van der Waals surface area (Å²) in [5.41, 5.74) is 1.75. The first-order valence-electron chi connectivity index (χ1n) is 7.17. The smallest absolute Gasteiger partial charge is 0.408 e. The van der Waals surface area contributed by atoms with Gasteiger partial charge in [0.25, 0.3) is 0 Å². The Labute approximate surface area is 139 Å². The van der Waals surface area contributed by atoms with Crippen LogP contribution in [0.1, 0.15) is 21.6 Å². The zero-order valence-electron chi connectivity index (χ0n) is 13.1. The summed E-state index contributed by atoms with van der Waals surface area (Å²) in [6.45, 7) is 0.338. The molecule has 0 spiro atoms. The number of methoxy groups -OCH3 is 1. The number of carbonyl (C=O) groups excluding carboxylic acids is 2. The number of hydrogen-bond donors (Lipinski definition) is 1. The molecule has 0 aliphatic carbocycles. The summed E-state index contributed by atoms with van der Waals surface area (Å²) >= 11 is 0. The van der Waals surface area contributed by atoms with Crippen molar-refractivity contribution in [2.24, 2.45) is 0 Å². The van der Waals surface area contributed by atoms with Crippen molar-refractivity contribution in [1.29, 1.82) is 0 Å². The van der Waals surface area contributed by atoms with Crippen LogP contribution in [0.3, 0.4) is 0 Å². The van der Waals surface area contributed by atoms with Crippen molar-refractivity contribution in [2.45, 2.75) is 6.61 Å². The number of esters is 1. The molecule has 2 aromatic rings. The number of hydrogen-bond acceptors (Lipinski definition) is 5. The largest absolute Gasteiger partial charge is 0.465 e. The van der Waals surface area contributed by atoms with E-state index in [4.69, 9.17) is 4.74 Å². The highest BCUT2D eigenvalue weighted by molar-refractivity contribution is 5.88. The number of nitrogens with one attached hydrogen (secondary N) is 1. The minimum Gasteiger partial charge on any atom is -0.465 e. The normalized spacial score (nSPS) is 9.38. The van der Waals surface area contributed by atoms with Gasteiger partial charge in [-0.15, -0.1) is 0 Å². The second kappa shape index (κ2) is 8.96. The summed E-state index contributed by atoms with van der Waals surface area (Å²) in [4.78, 5) is 26.8. The van der Waals surface area contributed by atoms with Gasteiger partial charge in [-0.3, -0.25) is 0 Å². The Kier molecular flexibility index (Phi) is 6.35. The monoisotopic (exact) mass is 324 g/mol. The third-order valence-corrected chi connectivity index (χ3v) is 2.93. The van der Waals surface area contributed by atoms with Crippen LogP contribution in [0.2, 0.25) is 0 Å². The first-order chi connectivity index (χ1) is 11.7. The quantitative estimate of drug-likeness (QED) is 0.689. The number of rotatable bonds is 4. The summed E-state index contributed by atoms with van der Waals surface area (Å²) in [6.07, 6.45) is 0.847. The third-order valence-electron chi connectivity index (χ3n) is 2.93. The van der Waals surface area contributed by atoms with Crippen LogP contribution in [0.5, 0.6) is 0 Å². The first-order valence-corrected chi connectivity index (χ1v) is 7.17. The molecule has 0 saturated carbocycles. The van der Waals surface area contributed by atoms with Gasteiger partial charge in [0.15, 0.2) is 0 Å². The average Bonchev–Trinajstić information content (AvgIpc) is 2.64. The van der Waals surface area contributed by atoms with Crippen LogP contribution in [0.4, 0.5) is 4.79 Å². The molecule has 0 saturated heterocycles. The van der Waals surface area contributed by atoms with Crippen LogP contribution < -0.4 is 5.32 Å². The summed E-state index contributed by atoms with van der Waals surface area (Å²) < 4.78 is 9.63. The molecule has 6 nitrogen and oxygen atoms in total. The van der Waals surface area contributed by atoms with E-state index in [0.717, 1.165) is 5.56 Å². The van der Waals surface area contributed by atoms with Crippen molar-refractivity contribution in [2.75, 3.05) is 13.7 Å². The van der Waals surface area contributed by atoms with Gasteiger partial charge in [-0.2, -0.15) is 0 Å². The molecule has 0 aliphatic heterocycles. The van der Waals surface area contributed by atoms with Crippen molar-refractivity contribution in [3.8, 4) is 11.8 Å². The molecule has 24 heavy (non-hydrogen) atoms. The van der Waals surface area contributed by atoms with Crippen LogP contribution in [-0.2, 0) is 16.1 Å². The SMILES string of the molecule is COC(=O)c1ccc(C#CCNC(=O)OCc2ccccc2)nc1. The van der Waals surface area contributed by atoms with Gasteiger partial charge in [-0.05, 0) is 23.6 Å². The van der Waals surface area contributed by atoms with Crippen LogP contribution in [0, 0.1) is 11.8 Å². The van der Waals surface area contributed by atoms with Crippen molar-refractivity contribution in [3.63, 3.8) is 0 Å². The molecule has 1 aromatic carbocycles. The van der Waals surface area contributed by atoms with Crippen LogP contribution in [0.25, 0.3) is 0 Å². The fraction of sp³-hybridized carbons (Fsp3) is 0.167. The van der Waals surface area contributed by atoms with Crippen molar-refractivity contribution in [1.82, 2.24) is 10.3 Å². The van der Waals surface area contributed by atoms with Gasteiger partial charge in [-0.1, -0.05) is 36.3 Å². The Balaban J connectivity index is 1.75. The highest BCUT2D eigenvalue weighted by Gasteiger charge is 2.04. The molecular weight excluding hydrogens is 308 g/mol. The predicted molar refractivity (Wildman–Crippen MR) is 87.1 cm³/mol. The molecule has 0 bridgehead atoms. The third kappa shape index (κ3) is 5.46. The summed E-state index contributed by atoms with van der Waals surface area (Å²) in [5.74, 6) is 5.07. The average molecular weight is 324 g/mol.